The number of fused-ring (bicyclic) bond motifs is 1. The lowest BCUT2D eigenvalue weighted by Crippen LogP contribution is -2.30. The number of hydrogen-bond donors (Lipinski definition) is 0. The molecule has 6 heteroatoms. The summed E-state index contributed by atoms with van der Waals surface area (Å²) in [6, 6.07) is 5.71. The molecule has 0 radical (unpaired) electrons. The predicted octanol–water partition coefficient (Wildman–Crippen LogP) is 4.26. The number of nitrogens with zero attached hydrogens (tertiary/aromatic N) is 2. The molecule has 0 spiro atoms. The predicted molar refractivity (Wildman–Crippen MR) is 85.6 cm³/mol. The Morgan fingerprint density at radius 1 is 1.52 bits per heavy atom. The lowest BCUT2D eigenvalue weighted by Gasteiger charge is -2.19. The van der Waals surface area contributed by atoms with Crippen molar-refractivity contribution in [3.05, 3.63) is 33.5 Å². The normalized spacial score (nSPS) is 19.3. The summed E-state index contributed by atoms with van der Waals surface area (Å²) in [7, 11) is 2.09. The molecule has 112 valence electrons. The third kappa shape index (κ3) is 3.00. The molecule has 1 unspecified atom stereocenters. The molecule has 1 fully saturated rings. The van der Waals surface area contributed by atoms with E-state index in [1.165, 1.54) is 6.42 Å². The minimum Gasteiger partial charge on any atom is -0.476 e. The number of benzene rings is 1. The first kappa shape index (κ1) is 15.0. The van der Waals surface area contributed by atoms with Crippen LogP contribution in [0.25, 0.3) is 10.9 Å². The first-order valence-corrected chi connectivity index (χ1v) is 8.00. The Bertz CT molecular complexity index is 682. The lowest BCUT2D eigenvalue weighted by atomic mass is 10.2. The van der Waals surface area contributed by atoms with Gasteiger partial charge in [-0.15, -0.1) is 0 Å². The molecule has 1 aromatic heterocycles. The molecule has 0 aliphatic carbocycles. The minimum atomic E-state index is -0.524. The summed E-state index contributed by atoms with van der Waals surface area (Å²) in [6.45, 7) is 1.67. The van der Waals surface area contributed by atoms with Gasteiger partial charge < -0.3 is 9.64 Å². The van der Waals surface area contributed by atoms with E-state index in [0.29, 0.717) is 28.4 Å². The molecule has 1 saturated heterocycles. The highest BCUT2D eigenvalue weighted by Crippen LogP contribution is 2.32. The highest BCUT2D eigenvalue weighted by molar-refractivity contribution is 9.10. The van der Waals surface area contributed by atoms with Gasteiger partial charge in [-0.1, -0.05) is 11.6 Å². The molecule has 21 heavy (non-hydrogen) atoms. The molecule has 1 aliphatic rings. The summed E-state index contributed by atoms with van der Waals surface area (Å²) in [6.07, 6.45) is 2.31. The average molecular weight is 374 g/mol. The highest BCUT2D eigenvalue weighted by atomic mass is 79.9. The summed E-state index contributed by atoms with van der Waals surface area (Å²) < 4.78 is 20.4. The maximum Gasteiger partial charge on any atom is 0.213 e. The topological polar surface area (TPSA) is 25.4 Å². The van der Waals surface area contributed by atoms with Crippen molar-refractivity contribution in [1.29, 1.82) is 0 Å². The number of ether oxygens (including phenoxy) is 1. The molecule has 2 heterocycles. The van der Waals surface area contributed by atoms with E-state index in [4.69, 9.17) is 16.3 Å². The van der Waals surface area contributed by atoms with Crippen LogP contribution in [0.4, 0.5) is 4.39 Å². The van der Waals surface area contributed by atoms with Crippen LogP contribution in [0.1, 0.15) is 12.8 Å². The smallest absolute Gasteiger partial charge is 0.213 e. The molecule has 0 saturated carbocycles. The summed E-state index contributed by atoms with van der Waals surface area (Å²) in [5.41, 5.74) is 0.237. The van der Waals surface area contributed by atoms with E-state index in [0.717, 1.165) is 13.0 Å². The van der Waals surface area contributed by atoms with Crippen molar-refractivity contribution < 1.29 is 9.13 Å². The van der Waals surface area contributed by atoms with Crippen molar-refractivity contribution in [2.24, 2.45) is 0 Å². The van der Waals surface area contributed by atoms with E-state index in [2.05, 4.69) is 32.9 Å². The molecule has 3 nitrogen and oxygen atoms in total. The summed E-state index contributed by atoms with van der Waals surface area (Å²) in [5.74, 6) is -0.0930. The quantitative estimate of drug-likeness (QED) is 0.752. The first-order valence-electron chi connectivity index (χ1n) is 6.83. The van der Waals surface area contributed by atoms with Gasteiger partial charge in [-0.25, -0.2) is 9.37 Å². The van der Waals surface area contributed by atoms with Gasteiger partial charge in [-0.2, -0.15) is 0 Å². The molecule has 0 N–H and O–H groups in total. The van der Waals surface area contributed by atoms with E-state index in [1.807, 2.05) is 0 Å². The Morgan fingerprint density at radius 2 is 2.33 bits per heavy atom. The van der Waals surface area contributed by atoms with Crippen molar-refractivity contribution >= 4 is 38.4 Å². The fraction of sp³-hybridized carbons (Fsp3) is 0.400. The Labute approximate surface area is 136 Å². The second kappa shape index (κ2) is 6.07. The van der Waals surface area contributed by atoms with Crippen molar-refractivity contribution in [3.8, 4) is 5.88 Å². The monoisotopic (exact) mass is 372 g/mol. The second-order valence-electron chi connectivity index (χ2n) is 5.30. The van der Waals surface area contributed by atoms with Crippen LogP contribution in [0.2, 0.25) is 5.02 Å². The van der Waals surface area contributed by atoms with E-state index < -0.39 is 5.82 Å². The van der Waals surface area contributed by atoms with Crippen molar-refractivity contribution in [2.75, 3.05) is 20.2 Å². The molecule has 1 aromatic carbocycles. The number of halogens is 3. The van der Waals surface area contributed by atoms with Gasteiger partial charge in [0.1, 0.15) is 12.1 Å². The van der Waals surface area contributed by atoms with Crippen LogP contribution >= 0.6 is 27.5 Å². The van der Waals surface area contributed by atoms with E-state index >= 15 is 0 Å². The Morgan fingerprint density at radius 3 is 3.05 bits per heavy atom. The number of hydrogen-bond acceptors (Lipinski definition) is 3. The summed E-state index contributed by atoms with van der Waals surface area (Å²) >= 11 is 9.13. The van der Waals surface area contributed by atoms with E-state index in [-0.39, 0.29) is 10.5 Å². The standard InChI is InChI=1S/C15H15BrClFN2O/c1-20-6-2-3-10(20)8-21-12-5-4-9-7-11(16)13(17)14(18)15(9)19-12/h4-5,7,10H,2-3,6,8H2,1H3. The largest absolute Gasteiger partial charge is 0.476 e. The van der Waals surface area contributed by atoms with Crippen LogP contribution in [0.5, 0.6) is 5.88 Å². The second-order valence-corrected chi connectivity index (χ2v) is 6.53. The molecule has 0 bridgehead atoms. The fourth-order valence-electron chi connectivity index (χ4n) is 2.60. The fourth-order valence-corrected chi connectivity index (χ4v) is 3.17. The zero-order chi connectivity index (χ0) is 15.0. The average Bonchev–Trinajstić information content (AvgIpc) is 2.88. The van der Waals surface area contributed by atoms with Crippen LogP contribution in [0.3, 0.4) is 0 Å². The van der Waals surface area contributed by atoms with E-state index in [9.17, 15) is 4.39 Å². The Hall–Kier alpha value is -0.910. The maximum absolute atomic E-state index is 14.2. The van der Waals surface area contributed by atoms with Crippen LogP contribution in [0, 0.1) is 5.82 Å². The van der Waals surface area contributed by atoms with Crippen molar-refractivity contribution in [2.45, 2.75) is 18.9 Å². The maximum atomic E-state index is 14.2. The Kier molecular flexibility index (Phi) is 4.33. The third-order valence-electron chi connectivity index (χ3n) is 3.89. The van der Waals surface area contributed by atoms with Crippen LogP contribution in [-0.4, -0.2) is 36.1 Å². The van der Waals surface area contributed by atoms with Crippen LogP contribution in [-0.2, 0) is 0 Å². The van der Waals surface area contributed by atoms with Gasteiger partial charge in [-0.05, 0) is 54.5 Å². The summed E-state index contributed by atoms with van der Waals surface area (Å²) in [5, 5.41) is 0.733. The highest BCUT2D eigenvalue weighted by Gasteiger charge is 2.21. The Balaban J connectivity index is 1.83. The minimum absolute atomic E-state index is 0.0441. The van der Waals surface area contributed by atoms with Gasteiger partial charge in [0.2, 0.25) is 5.88 Å². The zero-order valence-corrected chi connectivity index (χ0v) is 13.9. The number of aromatic nitrogens is 1. The third-order valence-corrected chi connectivity index (χ3v) is 5.11. The molecule has 3 rings (SSSR count). The zero-order valence-electron chi connectivity index (χ0n) is 11.6. The first-order chi connectivity index (χ1) is 10.1. The molecular formula is C15H15BrClFN2O. The summed E-state index contributed by atoms with van der Waals surface area (Å²) in [4.78, 5) is 6.52. The lowest BCUT2D eigenvalue weighted by molar-refractivity contribution is 0.193. The molecule has 2 aromatic rings. The van der Waals surface area contributed by atoms with Gasteiger partial charge in [0, 0.05) is 22.0 Å². The number of likely N-dealkylation sites (N-methyl/N-ethyl adjacent to an activating group) is 1. The number of pyridine rings is 1. The molecule has 1 aliphatic heterocycles. The van der Waals surface area contributed by atoms with Gasteiger partial charge in [0.15, 0.2) is 5.82 Å². The molecular weight excluding hydrogens is 359 g/mol. The van der Waals surface area contributed by atoms with Gasteiger partial charge in [0.25, 0.3) is 0 Å². The number of rotatable bonds is 3. The molecule has 1 atom stereocenters. The van der Waals surface area contributed by atoms with Crippen LogP contribution in [0.15, 0.2) is 22.7 Å². The van der Waals surface area contributed by atoms with Crippen LogP contribution < -0.4 is 4.74 Å². The van der Waals surface area contributed by atoms with Gasteiger partial charge in [-0.3, -0.25) is 0 Å². The van der Waals surface area contributed by atoms with Crippen molar-refractivity contribution in [1.82, 2.24) is 9.88 Å². The number of likely N-dealkylation sites (tertiary alicyclic amines) is 1. The SMILES string of the molecule is CN1CCCC1COc1ccc2cc(Br)c(Cl)c(F)c2n1. The molecule has 0 amide bonds. The van der Waals surface area contributed by atoms with E-state index in [1.54, 1.807) is 18.2 Å². The van der Waals surface area contributed by atoms with Gasteiger partial charge in [0.05, 0.1) is 5.02 Å². The van der Waals surface area contributed by atoms with Crippen molar-refractivity contribution in [3.63, 3.8) is 0 Å². The van der Waals surface area contributed by atoms with Gasteiger partial charge >= 0.3 is 0 Å².